The molecular formula is C14H28N8O8. The average molecular weight is 436 g/mol. The Morgan fingerprint density at radius 1 is 0.733 bits per heavy atom. The molecule has 0 aliphatic heterocycles. The van der Waals surface area contributed by atoms with Gasteiger partial charge in [0.15, 0.2) is 0 Å². The third-order valence-corrected chi connectivity index (χ3v) is 2.59. The van der Waals surface area contributed by atoms with Crippen LogP contribution >= 0.6 is 0 Å². The predicted molar refractivity (Wildman–Crippen MR) is 106 cm³/mol. The van der Waals surface area contributed by atoms with Gasteiger partial charge in [-0.25, -0.2) is 20.0 Å². The fourth-order valence-corrected chi connectivity index (χ4v) is 0.772. The van der Waals surface area contributed by atoms with E-state index in [0.29, 0.717) is 24.3 Å². The van der Waals surface area contributed by atoms with Gasteiger partial charge in [0, 0.05) is 48.0 Å². The molecule has 0 N–H and O–H groups in total. The van der Waals surface area contributed by atoms with E-state index in [-0.39, 0.29) is 17.7 Å². The van der Waals surface area contributed by atoms with Crippen LogP contribution in [0.1, 0.15) is 40.0 Å². The number of nitrogens with zero attached hydrogens (tertiary/aromatic N) is 8. The molecule has 0 unspecified atom stereocenters. The molecule has 0 aromatic rings. The minimum Gasteiger partial charge on any atom is -0.277 e. The lowest BCUT2D eigenvalue weighted by molar-refractivity contribution is -0.130. The van der Waals surface area contributed by atoms with Gasteiger partial charge in [0.2, 0.25) is 24.1 Å². The van der Waals surface area contributed by atoms with Crippen molar-refractivity contribution in [1.82, 2.24) is 20.0 Å². The monoisotopic (exact) mass is 436 g/mol. The minimum absolute atomic E-state index is 0.229. The number of nitroso groups, excluding NO2 is 4. The van der Waals surface area contributed by atoms with Gasteiger partial charge in [0.1, 0.15) is 0 Å². The summed E-state index contributed by atoms with van der Waals surface area (Å²) < 4.78 is 0. The summed E-state index contributed by atoms with van der Waals surface area (Å²) in [6, 6.07) is 0. The number of rotatable bonds is 8. The lowest BCUT2D eigenvalue weighted by atomic mass is 10.3. The Kier molecular flexibility index (Phi) is 26.3. The fourth-order valence-electron chi connectivity index (χ4n) is 0.772. The maximum absolute atomic E-state index is 10.6. The van der Waals surface area contributed by atoms with Crippen molar-refractivity contribution in [3.63, 3.8) is 0 Å². The highest BCUT2D eigenvalue weighted by Gasteiger charge is 2.04. The van der Waals surface area contributed by atoms with Crippen molar-refractivity contribution in [2.75, 3.05) is 28.2 Å². The molecule has 0 aliphatic carbocycles. The first kappa shape index (κ1) is 33.8. The topological polar surface area (TPSA) is 199 Å². The van der Waals surface area contributed by atoms with E-state index in [2.05, 4.69) is 21.1 Å². The summed E-state index contributed by atoms with van der Waals surface area (Å²) in [6.07, 6.45) is 1.79. The first-order valence-corrected chi connectivity index (χ1v) is 8.22. The Balaban J connectivity index is -0.000000152. The maximum atomic E-state index is 10.6. The quantitative estimate of drug-likeness (QED) is 0.308. The molecule has 16 nitrogen and oxygen atoms in total. The van der Waals surface area contributed by atoms with Crippen LogP contribution in [0.4, 0.5) is 0 Å². The van der Waals surface area contributed by atoms with E-state index in [1.165, 1.54) is 35.1 Å². The van der Waals surface area contributed by atoms with Gasteiger partial charge in [-0.3, -0.25) is 19.2 Å². The lowest BCUT2D eigenvalue weighted by Gasteiger charge is -2.03. The molecule has 30 heavy (non-hydrogen) atoms. The molecule has 0 aromatic carbocycles. The van der Waals surface area contributed by atoms with Crippen LogP contribution < -0.4 is 0 Å². The van der Waals surface area contributed by atoms with Crippen molar-refractivity contribution in [3.8, 4) is 0 Å². The fraction of sp³-hybridized carbons (Fsp3) is 0.714. The van der Waals surface area contributed by atoms with Crippen LogP contribution in [0, 0.1) is 19.6 Å². The van der Waals surface area contributed by atoms with Crippen LogP contribution in [0.15, 0.2) is 21.1 Å². The Labute approximate surface area is 173 Å². The Bertz CT molecular complexity index is 552. The number of amides is 4. The van der Waals surface area contributed by atoms with Crippen LogP contribution in [0.3, 0.4) is 0 Å². The zero-order valence-electron chi connectivity index (χ0n) is 18.0. The van der Waals surface area contributed by atoms with E-state index in [4.69, 9.17) is 0 Å². The molecule has 0 saturated carbocycles. The van der Waals surface area contributed by atoms with Gasteiger partial charge in [-0.05, 0) is 6.42 Å². The van der Waals surface area contributed by atoms with Crippen molar-refractivity contribution in [1.29, 1.82) is 0 Å². The van der Waals surface area contributed by atoms with Crippen LogP contribution in [0.2, 0.25) is 0 Å². The molecule has 0 aromatic heterocycles. The molecule has 16 heteroatoms. The highest BCUT2D eigenvalue weighted by molar-refractivity contribution is 5.75. The van der Waals surface area contributed by atoms with Gasteiger partial charge < -0.3 is 0 Å². The first-order valence-electron chi connectivity index (χ1n) is 8.22. The number of hydrogen-bond donors (Lipinski definition) is 0. The molecule has 0 rings (SSSR count). The summed E-state index contributed by atoms with van der Waals surface area (Å²) in [5.41, 5.74) is 0. The Morgan fingerprint density at radius 2 is 1.13 bits per heavy atom. The van der Waals surface area contributed by atoms with Crippen molar-refractivity contribution in [3.05, 3.63) is 19.6 Å². The SMILES string of the molecule is CC(=O)N(C)N=O.CCC(=O)N(C)N=O.CCCC(=O)N(C)N=O.CN(C=O)N=O. The molecule has 0 heterocycles. The maximum Gasteiger partial charge on any atom is 0.244 e. The van der Waals surface area contributed by atoms with Crippen LogP contribution in [0.25, 0.3) is 0 Å². The summed E-state index contributed by atoms with van der Waals surface area (Å²) in [4.78, 5) is 78.2. The zero-order chi connectivity index (χ0) is 24.7. The largest absolute Gasteiger partial charge is 0.277 e. The van der Waals surface area contributed by atoms with E-state index in [1.54, 1.807) is 6.92 Å². The predicted octanol–water partition coefficient (Wildman–Crippen LogP) is 1.36. The molecule has 0 radical (unpaired) electrons. The van der Waals surface area contributed by atoms with Gasteiger partial charge in [-0.2, -0.15) is 0 Å². The summed E-state index contributed by atoms with van der Waals surface area (Å²) in [5, 5.41) is 12.3. The first-order chi connectivity index (χ1) is 13.9. The smallest absolute Gasteiger partial charge is 0.244 e. The number of carbonyl (C=O) groups is 4. The Morgan fingerprint density at radius 3 is 1.27 bits per heavy atom. The third kappa shape index (κ3) is 24.3. The number of carbonyl (C=O) groups excluding carboxylic acids is 4. The second-order valence-corrected chi connectivity index (χ2v) is 4.99. The van der Waals surface area contributed by atoms with Crippen LogP contribution in [-0.2, 0) is 19.2 Å². The van der Waals surface area contributed by atoms with E-state index >= 15 is 0 Å². The van der Waals surface area contributed by atoms with Crippen molar-refractivity contribution in [2.24, 2.45) is 21.1 Å². The molecule has 0 spiro atoms. The average Bonchev–Trinajstić information content (AvgIpc) is 2.77. The van der Waals surface area contributed by atoms with Crippen LogP contribution in [-0.4, -0.2) is 72.4 Å². The highest BCUT2D eigenvalue weighted by Crippen LogP contribution is 1.93. The summed E-state index contributed by atoms with van der Waals surface area (Å²) >= 11 is 0. The molecular weight excluding hydrogens is 408 g/mol. The van der Waals surface area contributed by atoms with Gasteiger partial charge >= 0.3 is 0 Å². The second-order valence-electron chi connectivity index (χ2n) is 4.99. The van der Waals surface area contributed by atoms with Crippen molar-refractivity contribution in [2.45, 2.75) is 40.0 Å². The van der Waals surface area contributed by atoms with Gasteiger partial charge in [0.05, 0.1) is 21.1 Å². The van der Waals surface area contributed by atoms with E-state index in [1.807, 2.05) is 6.92 Å². The van der Waals surface area contributed by atoms with Crippen LogP contribution in [0.5, 0.6) is 0 Å². The molecule has 0 bridgehead atoms. The van der Waals surface area contributed by atoms with Gasteiger partial charge in [0.25, 0.3) is 0 Å². The van der Waals surface area contributed by atoms with Crippen molar-refractivity contribution >= 4 is 24.1 Å². The number of hydrogen-bond acceptors (Lipinski definition) is 12. The standard InChI is InChI=1S/C5H10N2O2.C4H8N2O2.C3H6N2O2.C2H4N2O2/c1-3-4-5(8)7(2)6-9;1-3-4(7)6(2)5-8;1-3(6)5(2)4-7;1-4(2-5)3-6/h3-4H2,1-2H3;3H2,1-2H3;1-2H3;2H,1H3. The molecule has 0 atom stereocenters. The normalized spacial score (nSPS) is 7.97. The van der Waals surface area contributed by atoms with E-state index < -0.39 is 0 Å². The molecule has 0 saturated heterocycles. The molecule has 4 amide bonds. The Hall–Kier alpha value is -3.72. The van der Waals surface area contributed by atoms with Gasteiger partial charge in [-0.15, -0.1) is 19.6 Å². The minimum atomic E-state index is -0.352. The molecule has 0 fully saturated rings. The van der Waals surface area contributed by atoms with E-state index in [0.717, 1.165) is 21.4 Å². The summed E-state index contributed by atoms with van der Waals surface area (Å²) in [6.45, 7) is 4.81. The van der Waals surface area contributed by atoms with E-state index in [9.17, 15) is 38.8 Å². The second kappa shape index (κ2) is 23.3. The zero-order valence-corrected chi connectivity index (χ0v) is 18.0. The van der Waals surface area contributed by atoms with Gasteiger partial charge in [-0.1, -0.05) is 13.8 Å². The van der Waals surface area contributed by atoms with Crippen molar-refractivity contribution < 1.29 is 19.2 Å². The summed E-state index contributed by atoms with van der Waals surface area (Å²) in [5.74, 6) is -0.845. The highest BCUT2D eigenvalue weighted by atomic mass is 16.3. The molecule has 0 aliphatic rings. The summed E-state index contributed by atoms with van der Waals surface area (Å²) in [7, 11) is 5.25. The third-order valence-electron chi connectivity index (χ3n) is 2.59. The lowest BCUT2D eigenvalue weighted by Crippen LogP contribution is -2.19. The molecule has 172 valence electrons.